The second kappa shape index (κ2) is 6.85. The molecule has 7 heteroatoms. The number of aliphatic imine (C=N–C) groups is 1. The largest absolute Gasteiger partial charge is 0.462 e. The Morgan fingerprint density at radius 2 is 2.26 bits per heavy atom. The van der Waals surface area contributed by atoms with Crippen LogP contribution in [-0.2, 0) is 4.74 Å². The Morgan fingerprint density at radius 3 is 2.91 bits per heavy atom. The van der Waals surface area contributed by atoms with Crippen molar-refractivity contribution >= 4 is 17.7 Å². The zero-order valence-corrected chi connectivity index (χ0v) is 13.7. The van der Waals surface area contributed by atoms with Crippen LogP contribution in [0.2, 0.25) is 0 Å². The van der Waals surface area contributed by atoms with E-state index in [4.69, 9.17) is 4.74 Å². The number of carbonyl (C=O) groups excluding carboxylic acids is 1. The van der Waals surface area contributed by atoms with Crippen molar-refractivity contribution in [2.75, 3.05) is 44.7 Å². The lowest BCUT2D eigenvalue weighted by atomic mass is 10.1. The predicted octanol–water partition coefficient (Wildman–Crippen LogP) is 0.728. The van der Waals surface area contributed by atoms with E-state index in [1.165, 1.54) is 0 Å². The number of nitrogens with zero attached hydrogens (tertiary/aromatic N) is 4. The average molecular weight is 317 g/mol. The maximum absolute atomic E-state index is 11.6. The molecule has 0 saturated carbocycles. The molecule has 0 unspecified atom stereocenters. The summed E-state index contributed by atoms with van der Waals surface area (Å²) in [7, 11) is 2.07. The van der Waals surface area contributed by atoms with Crippen LogP contribution in [-0.4, -0.2) is 67.7 Å². The van der Waals surface area contributed by atoms with Crippen LogP contribution in [0.25, 0.3) is 0 Å². The molecule has 0 amide bonds. The smallest absolute Gasteiger partial charge is 0.339 e. The first kappa shape index (κ1) is 15.6. The second-order valence-corrected chi connectivity index (χ2v) is 5.85. The number of ether oxygens (including phenoxy) is 1. The zero-order valence-electron chi connectivity index (χ0n) is 13.7. The highest BCUT2D eigenvalue weighted by Gasteiger charge is 2.29. The molecule has 1 aromatic heterocycles. The van der Waals surface area contributed by atoms with Gasteiger partial charge in [-0.15, -0.1) is 0 Å². The van der Waals surface area contributed by atoms with Gasteiger partial charge in [0.15, 0.2) is 5.96 Å². The first-order valence-electron chi connectivity index (χ1n) is 8.07. The normalized spacial score (nSPS) is 18.3. The molecule has 1 aromatic rings. The van der Waals surface area contributed by atoms with Gasteiger partial charge in [0.1, 0.15) is 5.82 Å². The lowest BCUT2D eigenvalue weighted by Gasteiger charge is -2.42. The van der Waals surface area contributed by atoms with Crippen LogP contribution in [0.5, 0.6) is 0 Å². The van der Waals surface area contributed by atoms with Crippen molar-refractivity contribution in [1.29, 1.82) is 0 Å². The molecule has 3 heterocycles. The van der Waals surface area contributed by atoms with Crippen LogP contribution >= 0.6 is 0 Å². The number of hydrogen-bond donors (Lipinski definition) is 1. The molecule has 3 rings (SSSR count). The molecular formula is C16H23N5O2. The monoisotopic (exact) mass is 317 g/mol. The Hall–Kier alpha value is -2.31. The number of guanidine groups is 1. The van der Waals surface area contributed by atoms with Gasteiger partial charge in [-0.1, -0.05) is 0 Å². The molecule has 1 N–H and O–H groups in total. The van der Waals surface area contributed by atoms with Crippen molar-refractivity contribution in [3.05, 3.63) is 23.9 Å². The minimum absolute atomic E-state index is 0.326. The molecule has 124 valence electrons. The third kappa shape index (κ3) is 3.55. The molecule has 0 bridgehead atoms. The van der Waals surface area contributed by atoms with Crippen molar-refractivity contribution < 1.29 is 9.53 Å². The summed E-state index contributed by atoms with van der Waals surface area (Å²) in [6, 6.07) is 4.02. The number of carbonyl (C=O) groups is 1. The minimum atomic E-state index is -0.326. The van der Waals surface area contributed by atoms with E-state index in [1.54, 1.807) is 19.2 Å². The summed E-state index contributed by atoms with van der Waals surface area (Å²) in [5.41, 5.74) is 0.490. The molecule has 2 aliphatic rings. The molecule has 0 radical (unpaired) electrons. The summed E-state index contributed by atoms with van der Waals surface area (Å²) < 4.78 is 4.96. The summed E-state index contributed by atoms with van der Waals surface area (Å²) in [6.07, 6.45) is 2.70. The fourth-order valence-corrected chi connectivity index (χ4v) is 2.72. The number of nitrogens with one attached hydrogen (secondary N) is 1. The number of esters is 1. The Labute approximate surface area is 136 Å². The van der Waals surface area contributed by atoms with Crippen molar-refractivity contribution in [2.45, 2.75) is 19.4 Å². The van der Waals surface area contributed by atoms with Crippen molar-refractivity contribution in [3.63, 3.8) is 0 Å². The highest BCUT2D eigenvalue weighted by molar-refractivity contribution is 5.89. The fourth-order valence-electron chi connectivity index (χ4n) is 2.72. The van der Waals surface area contributed by atoms with Gasteiger partial charge in [0, 0.05) is 39.4 Å². The Kier molecular flexibility index (Phi) is 4.64. The lowest BCUT2D eigenvalue weighted by molar-refractivity contribution is 0.0526. The summed E-state index contributed by atoms with van der Waals surface area (Å²) in [4.78, 5) is 24.8. The van der Waals surface area contributed by atoms with Crippen LogP contribution in [0.15, 0.2) is 23.3 Å². The van der Waals surface area contributed by atoms with Crippen LogP contribution in [0.1, 0.15) is 23.7 Å². The average Bonchev–Trinajstić information content (AvgIpc) is 2.52. The number of pyridine rings is 1. The van der Waals surface area contributed by atoms with Crippen molar-refractivity contribution in [2.24, 2.45) is 4.99 Å². The van der Waals surface area contributed by atoms with Gasteiger partial charge >= 0.3 is 5.97 Å². The van der Waals surface area contributed by atoms with Crippen LogP contribution < -0.4 is 10.2 Å². The van der Waals surface area contributed by atoms with E-state index in [0.29, 0.717) is 18.2 Å². The van der Waals surface area contributed by atoms with Crippen LogP contribution in [0.3, 0.4) is 0 Å². The predicted molar refractivity (Wildman–Crippen MR) is 88.9 cm³/mol. The van der Waals surface area contributed by atoms with Gasteiger partial charge < -0.3 is 19.9 Å². The van der Waals surface area contributed by atoms with Gasteiger partial charge in [-0.3, -0.25) is 4.99 Å². The fraction of sp³-hybridized carbons (Fsp3) is 0.562. The Morgan fingerprint density at radius 1 is 1.43 bits per heavy atom. The van der Waals surface area contributed by atoms with E-state index < -0.39 is 0 Å². The Balaban J connectivity index is 1.51. The molecule has 1 saturated heterocycles. The SMILES string of the molecule is CCOC(=O)c1ccc(N2CC(NC3=NCCCN3C)C2)nc1. The molecule has 0 spiro atoms. The summed E-state index contributed by atoms with van der Waals surface area (Å²) in [6.45, 7) is 5.90. The molecule has 23 heavy (non-hydrogen) atoms. The second-order valence-electron chi connectivity index (χ2n) is 5.85. The van der Waals surface area contributed by atoms with Crippen molar-refractivity contribution in [1.82, 2.24) is 15.2 Å². The number of anilines is 1. The third-order valence-corrected chi connectivity index (χ3v) is 4.07. The topological polar surface area (TPSA) is 70.1 Å². The van der Waals surface area contributed by atoms with Gasteiger partial charge in [0.2, 0.25) is 0 Å². The maximum Gasteiger partial charge on any atom is 0.339 e. The standard InChI is InChI=1S/C16H23N5O2/c1-3-23-15(22)12-5-6-14(18-9-12)21-10-13(11-21)19-16-17-7-4-8-20(16)2/h5-6,9,13H,3-4,7-8,10-11H2,1-2H3,(H,17,19). The van der Waals surface area contributed by atoms with Gasteiger partial charge in [-0.05, 0) is 25.5 Å². The van der Waals surface area contributed by atoms with Gasteiger partial charge in [-0.25, -0.2) is 9.78 Å². The first-order valence-corrected chi connectivity index (χ1v) is 8.07. The van der Waals surface area contributed by atoms with Gasteiger partial charge in [-0.2, -0.15) is 0 Å². The lowest BCUT2D eigenvalue weighted by Crippen LogP contribution is -2.62. The van der Waals surface area contributed by atoms with Crippen LogP contribution in [0.4, 0.5) is 5.82 Å². The van der Waals surface area contributed by atoms with E-state index in [2.05, 4.69) is 32.1 Å². The van der Waals surface area contributed by atoms with E-state index in [9.17, 15) is 4.79 Å². The third-order valence-electron chi connectivity index (χ3n) is 4.07. The molecule has 2 aliphatic heterocycles. The first-order chi connectivity index (χ1) is 11.2. The highest BCUT2D eigenvalue weighted by Crippen LogP contribution is 2.19. The molecule has 0 atom stereocenters. The number of rotatable bonds is 4. The van der Waals surface area contributed by atoms with Crippen LogP contribution in [0, 0.1) is 0 Å². The minimum Gasteiger partial charge on any atom is -0.462 e. The molecule has 1 fully saturated rings. The zero-order chi connectivity index (χ0) is 16.2. The maximum atomic E-state index is 11.6. The number of aromatic nitrogens is 1. The van der Waals surface area contributed by atoms with Gasteiger partial charge in [0.05, 0.1) is 18.2 Å². The molecular weight excluding hydrogens is 294 g/mol. The van der Waals surface area contributed by atoms with Gasteiger partial charge in [0.25, 0.3) is 0 Å². The number of hydrogen-bond acceptors (Lipinski definition) is 7. The molecule has 7 nitrogen and oxygen atoms in total. The Bertz CT molecular complexity index is 581. The molecule has 0 aliphatic carbocycles. The summed E-state index contributed by atoms with van der Waals surface area (Å²) in [5.74, 6) is 1.55. The van der Waals surface area contributed by atoms with E-state index in [0.717, 1.165) is 44.4 Å². The van der Waals surface area contributed by atoms with E-state index >= 15 is 0 Å². The highest BCUT2D eigenvalue weighted by atomic mass is 16.5. The van der Waals surface area contributed by atoms with Crippen molar-refractivity contribution in [3.8, 4) is 0 Å². The summed E-state index contributed by atoms with van der Waals surface area (Å²) in [5, 5.41) is 3.48. The summed E-state index contributed by atoms with van der Waals surface area (Å²) >= 11 is 0. The quantitative estimate of drug-likeness (QED) is 0.826. The molecule has 0 aromatic carbocycles. The van der Waals surface area contributed by atoms with E-state index in [1.807, 2.05) is 6.07 Å². The van der Waals surface area contributed by atoms with E-state index in [-0.39, 0.29) is 5.97 Å².